The first-order chi connectivity index (χ1) is 9.61. The van der Waals surface area contributed by atoms with Crippen molar-refractivity contribution in [3.8, 4) is 0 Å². The molecule has 0 spiro atoms. The molecule has 0 aromatic carbocycles. The number of hydrogen-bond acceptors (Lipinski definition) is 3. The van der Waals surface area contributed by atoms with Gasteiger partial charge in [0.2, 0.25) is 0 Å². The highest BCUT2D eigenvalue weighted by Crippen LogP contribution is 2.33. The number of nitrogens with zero attached hydrogens (tertiary/aromatic N) is 2. The number of nitrogens with one attached hydrogen (secondary N) is 1. The number of aryl methyl sites for hydroxylation is 2. The third-order valence-electron chi connectivity index (χ3n) is 4.61. The predicted octanol–water partition coefficient (Wildman–Crippen LogP) is 2.84. The van der Waals surface area contributed by atoms with Gasteiger partial charge in [-0.15, -0.1) is 0 Å². The first-order valence-electron chi connectivity index (χ1n) is 8.20. The molecular formula is C17H27N3. The third-order valence-corrected chi connectivity index (χ3v) is 4.61. The first-order valence-corrected chi connectivity index (χ1v) is 8.20. The van der Waals surface area contributed by atoms with Gasteiger partial charge < -0.3 is 5.32 Å². The smallest absolute Gasteiger partial charge is 0.129 e. The molecule has 20 heavy (non-hydrogen) atoms. The SMILES string of the molecule is Cc1nc(CC2CC2)nc2c1CC(CNC(C)C)CC2. The minimum atomic E-state index is 0.578. The van der Waals surface area contributed by atoms with E-state index in [1.54, 1.807) is 0 Å². The van der Waals surface area contributed by atoms with Crippen LogP contribution in [0, 0.1) is 18.8 Å². The number of rotatable bonds is 5. The molecule has 2 aliphatic carbocycles. The normalized spacial score (nSPS) is 22.1. The van der Waals surface area contributed by atoms with Crippen molar-refractivity contribution >= 4 is 0 Å². The summed E-state index contributed by atoms with van der Waals surface area (Å²) in [6.45, 7) is 7.74. The van der Waals surface area contributed by atoms with Crippen LogP contribution in [0.15, 0.2) is 0 Å². The van der Waals surface area contributed by atoms with Crippen LogP contribution in [0.25, 0.3) is 0 Å². The fourth-order valence-corrected chi connectivity index (χ4v) is 3.17. The molecule has 1 unspecified atom stereocenters. The lowest BCUT2D eigenvalue weighted by Crippen LogP contribution is -2.32. The molecule has 1 saturated carbocycles. The largest absolute Gasteiger partial charge is 0.314 e. The maximum atomic E-state index is 4.85. The molecule has 0 saturated heterocycles. The van der Waals surface area contributed by atoms with E-state index in [1.165, 1.54) is 36.2 Å². The standard InChI is InChI=1S/C17H27N3/c1-11(2)18-10-14-6-7-16-15(8-14)12(3)19-17(20-16)9-13-4-5-13/h11,13-14,18H,4-10H2,1-3H3. The second-order valence-corrected chi connectivity index (χ2v) is 6.97. The Kier molecular flexibility index (Phi) is 4.06. The number of fused-ring (bicyclic) bond motifs is 1. The Morgan fingerprint density at radius 3 is 2.65 bits per heavy atom. The van der Waals surface area contributed by atoms with Gasteiger partial charge in [-0.1, -0.05) is 13.8 Å². The van der Waals surface area contributed by atoms with E-state index >= 15 is 0 Å². The molecule has 3 rings (SSSR count). The summed E-state index contributed by atoms with van der Waals surface area (Å²) in [7, 11) is 0. The van der Waals surface area contributed by atoms with Crippen LogP contribution in [0.4, 0.5) is 0 Å². The van der Waals surface area contributed by atoms with Crippen molar-refractivity contribution in [2.24, 2.45) is 11.8 Å². The van der Waals surface area contributed by atoms with Gasteiger partial charge in [0.05, 0.1) is 0 Å². The predicted molar refractivity (Wildman–Crippen MR) is 81.9 cm³/mol. The zero-order chi connectivity index (χ0) is 14.1. The molecule has 2 aliphatic rings. The third kappa shape index (κ3) is 3.38. The van der Waals surface area contributed by atoms with E-state index in [1.807, 2.05) is 0 Å². The monoisotopic (exact) mass is 273 g/mol. The Balaban J connectivity index is 1.69. The maximum Gasteiger partial charge on any atom is 0.129 e. The van der Waals surface area contributed by atoms with Gasteiger partial charge in [-0.2, -0.15) is 0 Å². The van der Waals surface area contributed by atoms with E-state index in [0.29, 0.717) is 6.04 Å². The zero-order valence-electron chi connectivity index (χ0n) is 13.1. The topological polar surface area (TPSA) is 37.8 Å². The molecule has 0 amide bonds. The molecule has 3 heteroatoms. The first kappa shape index (κ1) is 14.0. The summed E-state index contributed by atoms with van der Waals surface area (Å²) in [5.41, 5.74) is 4.01. The molecule has 110 valence electrons. The lowest BCUT2D eigenvalue weighted by Gasteiger charge is -2.26. The lowest BCUT2D eigenvalue weighted by atomic mass is 9.85. The van der Waals surface area contributed by atoms with Crippen LogP contribution in [0.5, 0.6) is 0 Å². The highest BCUT2D eigenvalue weighted by molar-refractivity contribution is 5.28. The molecule has 1 aromatic heterocycles. The summed E-state index contributed by atoms with van der Waals surface area (Å²) in [4.78, 5) is 9.62. The van der Waals surface area contributed by atoms with E-state index in [9.17, 15) is 0 Å². The molecule has 0 bridgehead atoms. The Morgan fingerprint density at radius 2 is 1.95 bits per heavy atom. The Morgan fingerprint density at radius 1 is 1.15 bits per heavy atom. The van der Waals surface area contributed by atoms with Crippen molar-refractivity contribution in [2.75, 3.05) is 6.54 Å². The summed E-state index contributed by atoms with van der Waals surface area (Å²) in [5.74, 6) is 2.73. The molecule has 0 aliphatic heterocycles. The van der Waals surface area contributed by atoms with Gasteiger partial charge in [0.15, 0.2) is 0 Å². The molecule has 0 radical (unpaired) electrons. The fourth-order valence-electron chi connectivity index (χ4n) is 3.17. The van der Waals surface area contributed by atoms with Crippen LogP contribution in [0.3, 0.4) is 0 Å². The summed E-state index contributed by atoms with van der Waals surface area (Å²) in [6, 6.07) is 0.578. The van der Waals surface area contributed by atoms with Crippen molar-refractivity contribution < 1.29 is 0 Å². The number of hydrogen-bond donors (Lipinski definition) is 1. The van der Waals surface area contributed by atoms with Crippen molar-refractivity contribution in [1.29, 1.82) is 0 Å². The summed E-state index contributed by atoms with van der Waals surface area (Å²) < 4.78 is 0. The Hall–Kier alpha value is -0.960. The van der Waals surface area contributed by atoms with Gasteiger partial charge in [0, 0.05) is 23.9 Å². The van der Waals surface area contributed by atoms with Crippen molar-refractivity contribution in [1.82, 2.24) is 15.3 Å². The molecular weight excluding hydrogens is 246 g/mol. The van der Waals surface area contributed by atoms with Gasteiger partial charge in [0.1, 0.15) is 5.82 Å². The van der Waals surface area contributed by atoms with Gasteiger partial charge in [-0.05, 0) is 63.0 Å². The molecule has 1 N–H and O–H groups in total. The minimum absolute atomic E-state index is 0.578. The molecule has 1 fully saturated rings. The van der Waals surface area contributed by atoms with Gasteiger partial charge in [-0.25, -0.2) is 9.97 Å². The quantitative estimate of drug-likeness (QED) is 0.896. The van der Waals surface area contributed by atoms with Crippen LogP contribution in [-0.4, -0.2) is 22.6 Å². The van der Waals surface area contributed by atoms with Crippen LogP contribution in [0.2, 0.25) is 0 Å². The fraction of sp³-hybridized carbons (Fsp3) is 0.765. The van der Waals surface area contributed by atoms with Crippen LogP contribution in [0.1, 0.15) is 55.9 Å². The van der Waals surface area contributed by atoms with E-state index in [0.717, 1.165) is 43.5 Å². The second kappa shape index (κ2) is 5.80. The van der Waals surface area contributed by atoms with Crippen LogP contribution < -0.4 is 5.32 Å². The van der Waals surface area contributed by atoms with Gasteiger partial charge >= 0.3 is 0 Å². The van der Waals surface area contributed by atoms with Gasteiger partial charge in [-0.3, -0.25) is 0 Å². The zero-order valence-corrected chi connectivity index (χ0v) is 13.1. The summed E-state index contributed by atoms with van der Waals surface area (Å²) >= 11 is 0. The summed E-state index contributed by atoms with van der Waals surface area (Å²) in [6.07, 6.45) is 7.43. The highest BCUT2D eigenvalue weighted by atomic mass is 14.9. The second-order valence-electron chi connectivity index (χ2n) is 6.97. The van der Waals surface area contributed by atoms with E-state index in [-0.39, 0.29) is 0 Å². The summed E-state index contributed by atoms with van der Waals surface area (Å²) in [5, 5.41) is 3.57. The van der Waals surface area contributed by atoms with Crippen LogP contribution in [-0.2, 0) is 19.3 Å². The van der Waals surface area contributed by atoms with E-state index in [2.05, 4.69) is 26.1 Å². The maximum absolute atomic E-state index is 4.85. The highest BCUT2D eigenvalue weighted by Gasteiger charge is 2.26. The van der Waals surface area contributed by atoms with Crippen molar-refractivity contribution in [3.63, 3.8) is 0 Å². The Labute approximate surface area is 122 Å². The molecule has 3 nitrogen and oxygen atoms in total. The Bertz CT molecular complexity index is 477. The average Bonchev–Trinajstić information content (AvgIpc) is 3.20. The van der Waals surface area contributed by atoms with E-state index in [4.69, 9.17) is 9.97 Å². The molecule has 1 heterocycles. The van der Waals surface area contributed by atoms with E-state index < -0.39 is 0 Å². The molecule has 1 aromatic rings. The van der Waals surface area contributed by atoms with Crippen molar-refractivity contribution in [3.05, 3.63) is 22.8 Å². The van der Waals surface area contributed by atoms with Crippen LogP contribution >= 0.6 is 0 Å². The van der Waals surface area contributed by atoms with Gasteiger partial charge in [0.25, 0.3) is 0 Å². The average molecular weight is 273 g/mol. The molecule has 1 atom stereocenters. The minimum Gasteiger partial charge on any atom is -0.314 e. The lowest BCUT2D eigenvalue weighted by molar-refractivity contribution is 0.400. The van der Waals surface area contributed by atoms with Crippen molar-refractivity contribution in [2.45, 2.75) is 65.3 Å². The number of aromatic nitrogens is 2.